The number of aromatic nitrogens is 3. The van der Waals surface area contributed by atoms with E-state index in [0.29, 0.717) is 37.4 Å². The number of carbonyl (C=O) groups excluding carboxylic acids is 1. The maximum atomic E-state index is 12.5. The number of anilines is 1. The second-order valence-corrected chi connectivity index (χ2v) is 5.58. The van der Waals surface area contributed by atoms with Crippen LogP contribution in [0.1, 0.15) is 16.1 Å². The normalized spacial score (nSPS) is 15.7. The molecule has 0 unspecified atom stereocenters. The summed E-state index contributed by atoms with van der Waals surface area (Å²) in [7, 11) is 1.74. The second-order valence-electron chi connectivity index (χ2n) is 5.58. The van der Waals surface area contributed by atoms with Gasteiger partial charge in [-0.2, -0.15) is 18.3 Å². The van der Waals surface area contributed by atoms with Crippen LogP contribution in [0.3, 0.4) is 0 Å². The smallest absolute Gasteiger partial charge is 0.367 e. The van der Waals surface area contributed by atoms with Gasteiger partial charge in [-0.05, 0) is 12.1 Å². The van der Waals surface area contributed by atoms with Crippen molar-refractivity contribution in [3.05, 3.63) is 42.0 Å². The average Bonchev–Trinajstić information content (AvgIpc) is 3.00. The summed E-state index contributed by atoms with van der Waals surface area (Å²) in [4.78, 5) is 19.4. The average molecular weight is 339 g/mol. The number of amides is 1. The van der Waals surface area contributed by atoms with Gasteiger partial charge in [0.15, 0.2) is 0 Å². The Balaban J connectivity index is 1.61. The topological polar surface area (TPSA) is 54.3 Å². The molecule has 3 heterocycles. The predicted molar refractivity (Wildman–Crippen MR) is 80.6 cm³/mol. The highest BCUT2D eigenvalue weighted by atomic mass is 19.4. The van der Waals surface area contributed by atoms with Crippen LogP contribution in [0.25, 0.3) is 0 Å². The van der Waals surface area contributed by atoms with Gasteiger partial charge in [-0.25, -0.2) is 4.98 Å². The molecule has 1 aliphatic heterocycles. The van der Waals surface area contributed by atoms with Crippen LogP contribution in [0.15, 0.2) is 30.7 Å². The highest BCUT2D eigenvalue weighted by Gasteiger charge is 2.32. The molecule has 3 rings (SSSR count). The van der Waals surface area contributed by atoms with Crippen molar-refractivity contribution in [2.45, 2.75) is 6.18 Å². The Morgan fingerprint density at radius 3 is 2.33 bits per heavy atom. The first-order valence-corrected chi connectivity index (χ1v) is 7.41. The van der Waals surface area contributed by atoms with Gasteiger partial charge in [-0.15, -0.1) is 0 Å². The number of aryl methyl sites for hydroxylation is 1. The van der Waals surface area contributed by atoms with Crippen LogP contribution in [0, 0.1) is 0 Å². The van der Waals surface area contributed by atoms with Gasteiger partial charge in [0.05, 0.1) is 23.6 Å². The Morgan fingerprint density at radius 1 is 1.12 bits per heavy atom. The molecule has 0 bridgehead atoms. The van der Waals surface area contributed by atoms with Crippen LogP contribution in [-0.4, -0.2) is 51.8 Å². The Bertz CT molecular complexity index is 717. The van der Waals surface area contributed by atoms with E-state index in [1.165, 1.54) is 18.5 Å². The summed E-state index contributed by atoms with van der Waals surface area (Å²) in [5.74, 6) is -0.0895. The number of hydrogen-bond donors (Lipinski definition) is 0. The molecule has 6 nitrogen and oxygen atoms in total. The third-order valence-corrected chi connectivity index (χ3v) is 3.92. The summed E-state index contributed by atoms with van der Waals surface area (Å²) in [5.41, 5.74) is 0.246. The number of nitrogens with zero attached hydrogens (tertiary/aromatic N) is 5. The van der Waals surface area contributed by atoms with Gasteiger partial charge in [0.1, 0.15) is 5.69 Å². The first kappa shape index (κ1) is 16.3. The number of alkyl halides is 3. The minimum Gasteiger partial charge on any atom is -0.367 e. The van der Waals surface area contributed by atoms with Gasteiger partial charge < -0.3 is 9.80 Å². The molecule has 2 aromatic heterocycles. The van der Waals surface area contributed by atoms with E-state index in [-0.39, 0.29) is 5.91 Å². The molecule has 128 valence electrons. The standard InChI is InChI=1S/C15H16F3N5O/c1-21-10-11(8-20-21)14(24)23-6-4-22(5-7-23)12-2-3-13(19-9-12)15(16,17)18/h2-3,8-10H,4-7H2,1H3. The van der Waals surface area contributed by atoms with E-state index in [1.54, 1.807) is 22.8 Å². The highest BCUT2D eigenvalue weighted by molar-refractivity contribution is 5.93. The number of piperazine rings is 1. The van der Waals surface area contributed by atoms with Crippen molar-refractivity contribution in [1.82, 2.24) is 19.7 Å². The minimum atomic E-state index is -4.44. The molecule has 0 spiro atoms. The molecule has 1 saturated heterocycles. The van der Waals surface area contributed by atoms with Crippen LogP contribution in [0.2, 0.25) is 0 Å². The monoisotopic (exact) mass is 339 g/mol. The molecule has 1 amide bonds. The lowest BCUT2D eigenvalue weighted by atomic mass is 10.2. The Kier molecular flexibility index (Phi) is 4.16. The van der Waals surface area contributed by atoms with Crippen LogP contribution >= 0.6 is 0 Å². The molecular formula is C15H16F3N5O. The second kappa shape index (κ2) is 6.14. The third kappa shape index (κ3) is 3.34. The third-order valence-electron chi connectivity index (χ3n) is 3.92. The van der Waals surface area contributed by atoms with Crippen molar-refractivity contribution in [2.24, 2.45) is 7.05 Å². The first-order valence-electron chi connectivity index (χ1n) is 7.41. The fourth-order valence-electron chi connectivity index (χ4n) is 2.62. The molecule has 0 aliphatic carbocycles. The number of halogens is 3. The molecule has 0 N–H and O–H groups in total. The number of hydrogen-bond acceptors (Lipinski definition) is 4. The minimum absolute atomic E-state index is 0.0895. The fraction of sp³-hybridized carbons (Fsp3) is 0.400. The quantitative estimate of drug-likeness (QED) is 0.837. The number of pyridine rings is 1. The summed E-state index contributed by atoms with van der Waals surface area (Å²) < 4.78 is 39.2. The molecular weight excluding hydrogens is 323 g/mol. The predicted octanol–water partition coefficient (Wildman–Crippen LogP) is 1.80. The summed E-state index contributed by atoms with van der Waals surface area (Å²) >= 11 is 0. The molecule has 0 aromatic carbocycles. The number of rotatable bonds is 2. The largest absolute Gasteiger partial charge is 0.433 e. The summed E-state index contributed by atoms with van der Waals surface area (Å²) in [6.45, 7) is 2.07. The maximum Gasteiger partial charge on any atom is 0.433 e. The van der Waals surface area contributed by atoms with E-state index < -0.39 is 11.9 Å². The van der Waals surface area contributed by atoms with Crippen LogP contribution in [0.4, 0.5) is 18.9 Å². The van der Waals surface area contributed by atoms with Crippen molar-refractivity contribution >= 4 is 11.6 Å². The lowest BCUT2D eigenvalue weighted by molar-refractivity contribution is -0.141. The van der Waals surface area contributed by atoms with Gasteiger partial charge >= 0.3 is 6.18 Å². The zero-order valence-corrected chi connectivity index (χ0v) is 13.0. The summed E-state index contributed by atoms with van der Waals surface area (Å²) in [6.07, 6.45) is -0.0300. The summed E-state index contributed by atoms with van der Waals surface area (Å²) in [6, 6.07) is 2.39. The van der Waals surface area contributed by atoms with Crippen molar-refractivity contribution in [1.29, 1.82) is 0 Å². The summed E-state index contributed by atoms with van der Waals surface area (Å²) in [5, 5.41) is 3.98. The Labute approximate surface area is 136 Å². The van der Waals surface area contributed by atoms with Crippen molar-refractivity contribution < 1.29 is 18.0 Å². The van der Waals surface area contributed by atoms with Crippen molar-refractivity contribution in [2.75, 3.05) is 31.1 Å². The molecule has 24 heavy (non-hydrogen) atoms. The number of carbonyl (C=O) groups is 1. The fourth-order valence-corrected chi connectivity index (χ4v) is 2.62. The molecule has 0 saturated carbocycles. The van der Waals surface area contributed by atoms with Crippen molar-refractivity contribution in [3.8, 4) is 0 Å². The SMILES string of the molecule is Cn1cc(C(=O)N2CCN(c3ccc(C(F)(F)F)nc3)CC2)cn1. The highest BCUT2D eigenvalue weighted by Crippen LogP contribution is 2.28. The van der Waals surface area contributed by atoms with E-state index in [0.717, 1.165) is 6.07 Å². The Hall–Kier alpha value is -2.58. The van der Waals surface area contributed by atoms with Gasteiger partial charge in [0.25, 0.3) is 5.91 Å². The van der Waals surface area contributed by atoms with Crippen LogP contribution in [0.5, 0.6) is 0 Å². The van der Waals surface area contributed by atoms with Crippen molar-refractivity contribution in [3.63, 3.8) is 0 Å². The zero-order chi connectivity index (χ0) is 17.3. The van der Waals surface area contributed by atoms with Crippen LogP contribution in [-0.2, 0) is 13.2 Å². The Morgan fingerprint density at radius 2 is 1.83 bits per heavy atom. The van der Waals surface area contributed by atoms with E-state index in [1.807, 2.05) is 4.90 Å². The van der Waals surface area contributed by atoms with Crippen LogP contribution < -0.4 is 4.90 Å². The van der Waals surface area contributed by atoms with E-state index >= 15 is 0 Å². The van der Waals surface area contributed by atoms with E-state index in [9.17, 15) is 18.0 Å². The lowest BCUT2D eigenvalue weighted by Gasteiger charge is -2.35. The lowest BCUT2D eigenvalue weighted by Crippen LogP contribution is -2.48. The first-order chi connectivity index (χ1) is 11.3. The van der Waals surface area contributed by atoms with E-state index in [2.05, 4.69) is 10.1 Å². The van der Waals surface area contributed by atoms with Gasteiger partial charge in [-0.1, -0.05) is 0 Å². The van der Waals surface area contributed by atoms with Gasteiger partial charge in [-0.3, -0.25) is 9.48 Å². The molecule has 0 radical (unpaired) electrons. The molecule has 1 fully saturated rings. The van der Waals surface area contributed by atoms with Gasteiger partial charge in [0, 0.05) is 39.4 Å². The van der Waals surface area contributed by atoms with E-state index in [4.69, 9.17) is 0 Å². The molecule has 9 heteroatoms. The maximum absolute atomic E-state index is 12.5. The zero-order valence-electron chi connectivity index (χ0n) is 13.0. The molecule has 0 atom stereocenters. The molecule has 2 aromatic rings. The molecule has 1 aliphatic rings. The van der Waals surface area contributed by atoms with Gasteiger partial charge in [0.2, 0.25) is 0 Å².